The Hall–Kier alpha value is -1.64. The largest absolute Gasteiger partial charge is 0.303 e. The predicted octanol–water partition coefficient (Wildman–Crippen LogP) is 1.49. The van der Waals surface area contributed by atoms with E-state index in [9.17, 15) is 4.79 Å². The summed E-state index contributed by atoms with van der Waals surface area (Å²) in [5, 5.41) is 0. The number of benzene rings is 1. The van der Waals surface area contributed by atoms with Crippen molar-refractivity contribution in [1.29, 1.82) is 0 Å². The molecule has 0 N–H and O–H groups in total. The Labute approximate surface area is 89.4 Å². The molecule has 1 aliphatic rings. The molecule has 0 fully saturated rings. The van der Waals surface area contributed by atoms with Gasteiger partial charge in [-0.1, -0.05) is 30.3 Å². The van der Waals surface area contributed by atoms with Crippen molar-refractivity contribution in [3.63, 3.8) is 0 Å². The number of amides is 1. The lowest BCUT2D eigenvalue weighted by Crippen LogP contribution is -2.38. The van der Waals surface area contributed by atoms with E-state index >= 15 is 0 Å². The maximum atomic E-state index is 11.4. The Morgan fingerprint density at radius 1 is 1.33 bits per heavy atom. The summed E-state index contributed by atoms with van der Waals surface area (Å²) < 4.78 is 0. The molecule has 0 spiro atoms. The van der Waals surface area contributed by atoms with Gasteiger partial charge in [0.25, 0.3) is 0 Å². The number of rotatable bonds is 2. The van der Waals surface area contributed by atoms with Gasteiger partial charge in [0.05, 0.1) is 0 Å². The lowest BCUT2D eigenvalue weighted by Gasteiger charge is -2.23. The van der Waals surface area contributed by atoms with Crippen molar-refractivity contribution >= 4 is 11.7 Å². The number of carbonyl (C=O) groups excluding carboxylic acids is 1. The van der Waals surface area contributed by atoms with Crippen molar-refractivity contribution in [3.8, 4) is 0 Å². The SMILES string of the molecule is CN1C(=O)CCN=C1Cc1ccccc1. The van der Waals surface area contributed by atoms with Crippen molar-refractivity contribution < 1.29 is 4.79 Å². The van der Waals surface area contributed by atoms with E-state index in [4.69, 9.17) is 0 Å². The van der Waals surface area contributed by atoms with E-state index in [1.54, 1.807) is 11.9 Å². The summed E-state index contributed by atoms with van der Waals surface area (Å²) in [7, 11) is 1.79. The maximum absolute atomic E-state index is 11.4. The van der Waals surface area contributed by atoms with Gasteiger partial charge in [-0.05, 0) is 5.56 Å². The number of likely N-dealkylation sites (N-methyl/N-ethyl adjacent to an activating group) is 1. The minimum Gasteiger partial charge on any atom is -0.303 e. The fourth-order valence-electron chi connectivity index (χ4n) is 1.65. The Kier molecular flexibility index (Phi) is 2.81. The molecule has 15 heavy (non-hydrogen) atoms. The van der Waals surface area contributed by atoms with E-state index in [2.05, 4.69) is 17.1 Å². The molecule has 1 aliphatic heterocycles. The minimum atomic E-state index is 0.163. The summed E-state index contributed by atoms with van der Waals surface area (Å²) in [6.07, 6.45) is 1.28. The first-order chi connectivity index (χ1) is 7.27. The Bertz CT molecular complexity index is 384. The van der Waals surface area contributed by atoms with Crippen LogP contribution in [0, 0.1) is 0 Å². The van der Waals surface area contributed by atoms with E-state index in [0.717, 1.165) is 12.3 Å². The van der Waals surface area contributed by atoms with Gasteiger partial charge >= 0.3 is 0 Å². The number of carbonyl (C=O) groups is 1. The van der Waals surface area contributed by atoms with Crippen LogP contribution < -0.4 is 0 Å². The van der Waals surface area contributed by atoms with Gasteiger partial charge in [0, 0.05) is 26.4 Å². The summed E-state index contributed by atoms with van der Waals surface area (Å²) in [4.78, 5) is 17.5. The molecule has 3 heteroatoms. The molecule has 0 bridgehead atoms. The maximum Gasteiger partial charge on any atom is 0.229 e. The van der Waals surface area contributed by atoms with Crippen molar-refractivity contribution in [3.05, 3.63) is 35.9 Å². The molecular weight excluding hydrogens is 188 g/mol. The average molecular weight is 202 g/mol. The molecule has 0 unspecified atom stereocenters. The molecule has 0 saturated carbocycles. The zero-order chi connectivity index (χ0) is 10.7. The van der Waals surface area contributed by atoms with Crippen molar-refractivity contribution in [2.24, 2.45) is 4.99 Å². The third-order valence-corrected chi connectivity index (χ3v) is 2.59. The second kappa shape index (κ2) is 4.26. The van der Waals surface area contributed by atoms with Crippen LogP contribution in [0.1, 0.15) is 12.0 Å². The molecular formula is C12H14N2O. The lowest BCUT2D eigenvalue weighted by atomic mass is 10.1. The molecule has 0 saturated heterocycles. The monoisotopic (exact) mass is 202 g/mol. The molecule has 1 aromatic carbocycles. The van der Waals surface area contributed by atoms with E-state index in [-0.39, 0.29) is 5.91 Å². The highest BCUT2D eigenvalue weighted by Gasteiger charge is 2.18. The van der Waals surface area contributed by atoms with Crippen molar-refractivity contribution in [2.75, 3.05) is 13.6 Å². The van der Waals surface area contributed by atoms with Crippen LogP contribution in [0.2, 0.25) is 0 Å². The third-order valence-electron chi connectivity index (χ3n) is 2.59. The van der Waals surface area contributed by atoms with Gasteiger partial charge in [-0.2, -0.15) is 0 Å². The number of nitrogens with zero attached hydrogens (tertiary/aromatic N) is 2. The molecule has 1 aromatic rings. The van der Waals surface area contributed by atoms with Crippen molar-refractivity contribution in [1.82, 2.24) is 4.90 Å². The third kappa shape index (κ3) is 2.24. The van der Waals surface area contributed by atoms with E-state index in [1.165, 1.54) is 5.56 Å². The molecule has 0 radical (unpaired) electrons. The molecule has 1 heterocycles. The first kappa shape index (κ1) is 9.90. The van der Waals surface area contributed by atoms with Crippen LogP contribution in [0.5, 0.6) is 0 Å². The number of amidine groups is 1. The summed E-state index contributed by atoms with van der Waals surface area (Å²) in [5.74, 6) is 1.04. The van der Waals surface area contributed by atoms with E-state index in [0.29, 0.717) is 13.0 Å². The van der Waals surface area contributed by atoms with Crippen LogP contribution in [0.3, 0.4) is 0 Å². The van der Waals surface area contributed by atoms with Gasteiger partial charge in [-0.3, -0.25) is 9.79 Å². The summed E-state index contributed by atoms with van der Waals surface area (Å²) in [5.41, 5.74) is 1.19. The van der Waals surface area contributed by atoms with Crippen LogP contribution in [0.4, 0.5) is 0 Å². The zero-order valence-corrected chi connectivity index (χ0v) is 8.81. The van der Waals surface area contributed by atoms with Crippen LogP contribution in [0.25, 0.3) is 0 Å². The number of hydrogen-bond donors (Lipinski definition) is 0. The normalized spacial score (nSPS) is 16.5. The molecule has 0 aliphatic carbocycles. The zero-order valence-electron chi connectivity index (χ0n) is 8.81. The first-order valence-corrected chi connectivity index (χ1v) is 5.11. The number of hydrogen-bond acceptors (Lipinski definition) is 2. The van der Waals surface area contributed by atoms with Gasteiger partial charge < -0.3 is 4.90 Å². The van der Waals surface area contributed by atoms with Crippen LogP contribution in [-0.4, -0.2) is 30.2 Å². The molecule has 78 valence electrons. The molecule has 2 rings (SSSR count). The van der Waals surface area contributed by atoms with Crippen LogP contribution >= 0.6 is 0 Å². The second-order valence-electron chi connectivity index (χ2n) is 3.66. The van der Waals surface area contributed by atoms with Crippen LogP contribution in [0.15, 0.2) is 35.3 Å². The van der Waals surface area contributed by atoms with E-state index in [1.807, 2.05) is 18.2 Å². The molecule has 3 nitrogen and oxygen atoms in total. The first-order valence-electron chi connectivity index (χ1n) is 5.11. The van der Waals surface area contributed by atoms with Crippen LogP contribution in [-0.2, 0) is 11.2 Å². The number of aliphatic imine (C=N–C) groups is 1. The summed E-state index contributed by atoms with van der Waals surface area (Å²) in [6, 6.07) is 10.1. The smallest absolute Gasteiger partial charge is 0.229 e. The van der Waals surface area contributed by atoms with Gasteiger partial charge in [-0.15, -0.1) is 0 Å². The summed E-state index contributed by atoms with van der Waals surface area (Å²) >= 11 is 0. The highest BCUT2D eigenvalue weighted by Crippen LogP contribution is 2.08. The molecule has 0 atom stereocenters. The Morgan fingerprint density at radius 3 is 2.80 bits per heavy atom. The fourth-order valence-corrected chi connectivity index (χ4v) is 1.65. The highest BCUT2D eigenvalue weighted by atomic mass is 16.2. The highest BCUT2D eigenvalue weighted by molar-refractivity contribution is 6.00. The topological polar surface area (TPSA) is 32.7 Å². The summed E-state index contributed by atoms with van der Waals surface area (Å²) in [6.45, 7) is 0.630. The average Bonchev–Trinajstić information content (AvgIpc) is 2.26. The second-order valence-corrected chi connectivity index (χ2v) is 3.66. The van der Waals surface area contributed by atoms with E-state index < -0.39 is 0 Å². The Balaban J connectivity index is 2.12. The fraction of sp³-hybridized carbons (Fsp3) is 0.333. The molecule has 1 amide bonds. The van der Waals surface area contributed by atoms with Gasteiger partial charge in [0.2, 0.25) is 5.91 Å². The van der Waals surface area contributed by atoms with Gasteiger partial charge in [0.15, 0.2) is 0 Å². The lowest BCUT2D eigenvalue weighted by molar-refractivity contribution is -0.126. The minimum absolute atomic E-state index is 0.163. The molecule has 0 aromatic heterocycles. The van der Waals surface area contributed by atoms with Crippen molar-refractivity contribution in [2.45, 2.75) is 12.8 Å². The van der Waals surface area contributed by atoms with Gasteiger partial charge in [-0.25, -0.2) is 0 Å². The predicted molar refractivity (Wildman–Crippen MR) is 59.8 cm³/mol. The van der Waals surface area contributed by atoms with Gasteiger partial charge in [0.1, 0.15) is 5.84 Å². The quantitative estimate of drug-likeness (QED) is 0.715. The Morgan fingerprint density at radius 2 is 2.07 bits per heavy atom. The standard InChI is InChI=1S/C12H14N2O/c1-14-11(13-8-7-12(14)15)9-10-5-3-2-4-6-10/h2-6H,7-9H2,1H3.